The predicted octanol–water partition coefficient (Wildman–Crippen LogP) is 3.18. The van der Waals surface area contributed by atoms with Crippen molar-refractivity contribution in [2.75, 3.05) is 0 Å². The van der Waals surface area contributed by atoms with Crippen molar-refractivity contribution in [1.29, 1.82) is 0 Å². The summed E-state index contributed by atoms with van der Waals surface area (Å²) in [6.07, 6.45) is 0. The Kier molecular flexibility index (Phi) is 2.91. The van der Waals surface area contributed by atoms with Crippen LogP contribution < -0.4 is 5.56 Å². The van der Waals surface area contributed by atoms with Crippen molar-refractivity contribution in [2.45, 2.75) is 12.1 Å². The average Bonchev–Trinajstić information content (AvgIpc) is 2.73. The van der Waals surface area contributed by atoms with Crippen LogP contribution in [0.25, 0.3) is 15.9 Å². The van der Waals surface area contributed by atoms with Crippen LogP contribution in [0.5, 0.6) is 0 Å². The number of aromatic nitrogens is 2. The van der Waals surface area contributed by atoms with Crippen molar-refractivity contribution in [3.05, 3.63) is 51.4 Å². The lowest BCUT2D eigenvalue weighted by Gasteiger charge is -2.08. The molecule has 0 radical (unpaired) electrons. The minimum absolute atomic E-state index is 0.180. The molecule has 0 aliphatic carbocycles. The van der Waals surface area contributed by atoms with Gasteiger partial charge in [-0.1, -0.05) is 0 Å². The lowest BCUT2D eigenvalue weighted by Crippen LogP contribution is -2.20. The van der Waals surface area contributed by atoms with Crippen molar-refractivity contribution in [1.82, 2.24) is 9.55 Å². The van der Waals surface area contributed by atoms with E-state index in [4.69, 9.17) is 0 Å². The summed E-state index contributed by atoms with van der Waals surface area (Å²) in [6.45, 7) is 1.87. The van der Waals surface area contributed by atoms with Gasteiger partial charge in [-0.25, -0.2) is 9.37 Å². The van der Waals surface area contributed by atoms with Crippen LogP contribution in [-0.4, -0.2) is 9.55 Å². The van der Waals surface area contributed by atoms with Crippen molar-refractivity contribution >= 4 is 34.2 Å². The second-order valence-electron chi connectivity index (χ2n) is 4.13. The number of hydrogen-bond donors (Lipinski definition) is 1. The number of benzene rings is 1. The maximum absolute atomic E-state index is 13.0. The normalized spacial score (nSPS) is 11.1. The van der Waals surface area contributed by atoms with E-state index in [1.807, 2.05) is 12.3 Å². The van der Waals surface area contributed by atoms with Crippen molar-refractivity contribution < 1.29 is 4.39 Å². The molecular formula is C13H9FN2OS2. The number of nitrogens with zero attached hydrogens (tertiary/aromatic N) is 2. The largest absolute Gasteiger partial charge is 0.268 e. The zero-order valence-corrected chi connectivity index (χ0v) is 11.6. The highest BCUT2D eigenvalue weighted by molar-refractivity contribution is 7.80. The quantitative estimate of drug-likeness (QED) is 0.552. The predicted molar refractivity (Wildman–Crippen MR) is 77.2 cm³/mol. The number of thiol groups is 1. The van der Waals surface area contributed by atoms with Crippen LogP contribution in [-0.2, 0) is 0 Å². The van der Waals surface area contributed by atoms with E-state index in [2.05, 4.69) is 17.6 Å². The summed E-state index contributed by atoms with van der Waals surface area (Å²) in [5.74, 6) is -0.349. The topological polar surface area (TPSA) is 34.9 Å². The first-order valence-electron chi connectivity index (χ1n) is 5.53. The Balaban J connectivity index is 2.37. The van der Waals surface area contributed by atoms with Gasteiger partial charge in [0.15, 0.2) is 5.16 Å². The van der Waals surface area contributed by atoms with Crippen LogP contribution in [0.15, 0.2) is 39.6 Å². The number of hydrogen-bond acceptors (Lipinski definition) is 4. The molecule has 0 fully saturated rings. The first-order valence-corrected chi connectivity index (χ1v) is 6.86. The lowest BCUT2D eigenvalue weighted by atomic mass is 10.2. The van der Waals surface area contributed by atoms with E-state index in [0.717, 1.165) is 5.56 Å². The molecule has 0 saturated carbocycles. The Morgan fingerprint density at radius 2 is 2.00 bits per heavy atom. The van der Waals surface area contributed by atoms with Gasteiger partial charge in [0.2, 0.25) is 0 Å². The zero-order chi connectivity index (χ0) is 13.6. The number of halogens is 1. The van der Waals surface area contributed by atoms with Gasteiger partial charge in [0, 0.05) is 0 Å². The van der Waals surface area contributed by atoms with Gasteiger partial charge in [0.25, 0.3) is 5.56 Å². The molecule has 2 aromatic heterocycles. The molecule has 19 heavy (non-hydrogen) atoms. The number of rotatable bonds is 1. The summed E-state index contributed by atoms with van der Waals surface area (Å²) in [6, 6.07) is 5.68. The van der Waals surface area contributed by atoms with Gasteiger partial charge >= 0.3 is 0 Å². The molecule has 0 N–H and O–H groups in total. The Morgan fingerprint density at radius 3 is 2.68 bits per heavy atom. The summed E-state index contributed by atoms with van der Waals surface area (Å²) in [5.41, 5.74) is 1.26. The zero-order valence-electron chi connectivity index (χ0n) is 9.92. The third-order valence-corrected chi connectivity index (χ3v) is 4.15. The number of aryl methyl sites for hydroxylation is 1. The molecule has 0 spiro atoms. The van der Waals surface area contributed by atoms with Crippen LogP contribution >= 0.6 is 24.0 Å². The molecule has 3 nitrogen and oxygen atoms in total. The Hall–Kier alpha value is -1.66. The van der Waals surface area contributed by atoms with Crippen molar-refractivity contribution in [2.24, 2.45) is 0 Å². The molecule has 0 aliphatic heterocycles. The third kappa shape index (κ3) is 1.97. The summed E-state index contributed by atoms with van der Waals surface area (Å²) in [7, 11) is 0. The van der Waals surface area contributed by atoms with Gasteiger partial charge in [0.05, 0.1) is 11.1 Å². The minimum Gasteiger partial charge on any atom is -0.268 e. The van der Waals surface area contributed by atoms with Crippen LogP contribution in [0.1, 0.15) is 5.56 Å². The lowest BCUT2D eigenvalue weighted by molar-refractivity contribution is 0.627. The van der Waals surface area contributed by atoms with Crippen LogP contribution in [0.4, 0.5) is 4.39 Å². The molecule has 0 atom stereocenters. The Bertz CT molecular complexity index is 821. The van der Waals surface area contributed by atoms with Crippen LogP contribution in [0.3, 0.4) is 0 Å². The minimum atomic E-state index is -0.349. The summed E-state index contributed by atoms with van der Waals surface area (Å²) in [4.78, 5) is 17.5. The highest BCUT2D eigenvalue weighted by Gasteiger charge is 2.13. The molecule has 3 aromatic rings. The van der Waals surface area contributed by atoms with Gasteiger partial charge in [-0.05, 0) is 42.1 Å². The highest BCUT2D eigenvalue weighted by atomic mass is 32.1. The molecule has 96 valence electrons. The Morgan fingerprint density at radius 1 is 1.32 bits per heavy atom. The second-order valence-corrected chi connectivity index (χ2v) is 5.39. The molecule has 0 unspecified atom stereocenters. The summed E-state index contributed by atoms with van der Waals surface area (Å²) >= 11 is 5.67. The van der Waals surface area contributed by atoms with Gasteiger partial charge < -0.3 is 0 Å². The van der Waals surface area contributed by atoms with E-state index in [1.54, 1.807) is 0 Å². The van der Waals surface area contributed by atoms with Gasteiger partial charge in [0.1, 0.15) is 10.6 Å². The third-order valence-electron chi connectivity index (χ3n) is 2.86. The fourth-order valence-electron chi connectivity index (χ4n) is 1.94. The van der Waals surface area contributed by atoms with E-state index in [9.17, 15) is 9.18 Å². The maximum Gasteiger partial charge on any atom is 0.267 e. The van der Waals surface area contributed by atoms with E-state index in [0.29, 0.717) is 21.1 Å². The molecular weight excluding hydrogens is 283 g/mol. The molecule has 0 bridgehead atoms. The standard InChI is InChI=1S/C13H9FN2OS2/c1-7-6-19-11-10(7)12(17)16(13(18)15-11)9-4-2-8(14)3-5-9/h2-6H,1H3,(H,15,18). The second kappa shape index (κ2) is 4.47. The van der Waals surface area contributed by atoms with Gasteiger partial charge in [-0.3, -0.25) is 9.36 Å². The summed E-state index contributed by atoms with van der Waals surface area (Å²) in [5, 5.41) is 2.78. The monoisotopic (exact) mass is 292 g/mol. The average molecular weight is 292 g/mol. The van der Waals surface area contributed by atoms with Crippen LogP contribution in [0.2, 0.25) is 0 Å². The first-order chi connectivity index (χ1) is 9.08. The maximum atomic E-state index is 13.0. The van der Waals surface area contributed by atoms with Gasteiger partial charge in [-0.2, -0.15) is 0 Å². The molecule has 0 saturated heterocycles. The highest BCUT2D eigenvalue weighted by Crippen LogP contribution is 2.23. The van der Waals surface area contributed by atoms with E-state index in [1.165, 1.54) is 40.2 Å². The number of fused-ring (bicyclic) bond motifs is 1. The molecule has 1 aromatic carbocycles. The van der Waals surface area contributed by atoms with Crippen molar-refractivity contribution in [3.8, 4) is 5.69 Å². The number of thiophene rings is 1. The van der Waals surface area contributed by atoms with Crippen LogP contribution in [0, 0.1) is 12.7 Å². The summed E-state index contributed by atoms with van der Waals surface area (Å²) < 4.78 is 14.3. The van der Waals surface area contributed by atoms with E-state index in [-0.39, 0.29) is 11.4 Å². The first kappa shape index (κ1) is 12.4. The van der Waals surface area contributed by atoms with E-state index >= 15 is 0 Å². The SMILES string of the molecule is Cc1csc2nc(S)n(-c3ccc(F)cc3)c(=O)c12. The molecule has 6 heteroatoms. The van der Waals surface area contributed by atoms with Crippen molar-refractivity contribution in [3.63, 3.8) is 0 Å². The smallest absolute Gasteiger partial charge is 0.267 e. The molecule has 2 heterocycles. The molecule has 3 rings (SSSR count). The molecule has 0 amide bonds. The Labute approximate surface area is 117 Å². The fourth-order valence-corrected chi connectivity index (χ4v) is 3.22. The fraction of sp³-hybridized carbons (Fsp3) is 0.0769. The van der Waals surface area contributed by atoms with Gasteiger partial charge in [-0.15, -0.1) is 24.0 Å². The van der Waals surface area contributed by atoms with E-state index < -0.39 is 0 Å². The molecule has 0 aliphatic rings.